The molecule has 0 aliphatic carbocycles. The summed E-state index contributed by atoms with van der Waals surface area (Å²) in [6, 6.07) is 14.6. The monoisotopic (exact) mass is 297 g/mol. The molecule has 0 spiro atoms. The van der Waals surface area contributed by atoms with Crippen LogP contribution in [-0.2, 0) is 6.42 Å². The molecule has 21 heavy (non-hydrogen) atoms. The number of rotatable bonds is 4. The predicted octanol–water partition coefficient (Wildman–Crippen LogP) is 5.56. The molecule has 108 valence electrons. The van der Waals surface area contributed by atoms with Gasteiger partial charge in [-0.2, -0.15) is 0 Å². The molecule has 1 N–H and O–H groups in total. The van der Waals surface area contributed by atoms with E-state index >= 15 is 0 Å². The average Bonchev–Trinajstić information content (AvgIpc) is 2.53. The Balaban J connectivity index is 1.84. The van der Waals surface area contributed by atoms with Gasteiger partial charge in [-0.05, 0) is 48.4 Å². The second kappa shape index (κ2) is 6.36. The molecule has 0 radical (unpaired) electrons. The molecule has 2 aromatic rings. The van der Waals surface area contributed by atoms with Crippen LogP contribution in [0.3, 0.4) is 0 Å². The molecule has 1 aliphatic rings. The third-order valence-corrected chi connectivity index (χ3v) is 4.49. The van der Waals surface area contributed by atoms with Gasteiger partial charge in [0.25, 0.3) is 0 Å². The van der Waals surface area contributed by atoms with Crippen molar-refractivity contribution in [1.82, 2.24) is 0 Å². The molecular weight excluding hydrogens is 278 g/mol. The Kier molecular flexibility index (Phi) is 4.31. The lowest BCUT2D eigenvalue weighted by molar-refractivity contribution is 0.501. The van der Waals surface area contributed by atoms with E-state index < -0.39 is 0 Å². The van der Waals surface area contributed by atoms with Gasteiger partial charge in [-0.25, -0.2) is 0 Å². The van der Waals surface area contributed by atoms with Crippen molar-refractivity contribution in [3.05, 3.63) is 65.7 Å². The van der Waals surface area contributed by atoms with Gasteiger partial charge in [-0.3, -0.25) is 0 Å². The molecule has 0 unspecified atom stereocenters. The molecule has 3 rings (SSSR count). The van der Waals surface area contributed by atoms with Crippen molar-refractivity contribution in [1.29, 1.82) is 0 Å². The van der Waals surface area contributed by atoms with Gasteiger partial charge >= 0.3 is 0 Å². The summed E-state index contributed by atoms with van der Waals surface area (Å²) < 4.78 is 0. The third-order valence-electron chi connectivity index (χ3n) is 4.16. The van der Waals surface area contributed by atoms with Crippen LogP contribution in [0.4, 0.5) is 5.69 Å². The highest BCUT2D eigenvalue weighted by Gasteiger charge is 2.18. The Morgan fingerprint density at radius 2 is 2.10 bits per heavy atom. The largest absolute Gasteiger partial charge is 0.385 e. The minimum atomic E-state index is 0.710. The molecule has 0 fully saturated rings. The number of hydrogen-bond acceptors (Lipinski definition) is 1. The van der Waals surface area contributed by atoms with Crippen LogP contribution >= 0.6 is 11.6 Å². The number of benzene rings is 2. The first kappa shape index (κ1) is 14.2. The Morgan fingerprint density at radius 3 is 2.90 bits per heavy atom. The van der Waals surface area contributed by atoms with Gasteiger partial charge in [0.1, 0.15) is 0 Å². The van der Waals surface area contributed by atoms with Gasteiger partial charge < -0.3 is 5.32 Å². The maximum Gasteiger partial charge on any atom is 0.0484 e. The minimum absolute atomic E-state index is 0.710. The summed E-state index contributed by atoms with van der Waals surface area (Å²) >= 11 is 6.29. The quantitative estimate of drug-likeness (QED) is 0.729. The number of nitrogens with one attached hydrogen (secondary N) is 1. The molecule has 1 atom stereocenters. The van der Waals surface area contributed by atoms with Crippen LogP contribution in [0.25, 0.3) is 11.1 Å². The van der Waals surface area contributed by atoms with Crippen LogP contribution in [0, 0.1) is 5.92 Å². The maximum atomic E-state index is 6.29. The Hall–Kier alpha value is -1.73. The lowest BCUT2D eigenvalue weighted by Gasteiger charge is -2.26. The minimum Gasteiger partial charge on any atom is -0.385 e. The zero-order valence-corrected chi connectivity index (χ0v) is 12.9. The zero-order valence-electron chi connectivity index (χ0n) is 12.1. The molecule has 0 aromatic heterocycles. The zero-order chi connectivity index (χ0) is 14.7. The van der Waals surface area contributed by atoms with Crippen LogP contribution < -0.4 is 5.32 Å². The summed E-state index contributed by atoms with van der Waals surface area (Å²) in [5, 5.41) is 4.38. The first-order valence-electron chi connectivity index (χ1n) is 7.50. The third kappa shape index (κ3) is 3.14. The number of allylic oxidation sites excluding steroid dienone is 1. The normalized spacial score (nSPS) is 16.9. The fraction of sp³-hybridized carbons (Fsp3) is 0.263. The first-order chi connectivity index (χ1) is 10.3. The van der Waals surface area contributed by atoms with E-state index in [4.69, 9.17) is 11.6 Å². The second-order valence-electron chi connectivity index (χ2n) is 5.67. The standard InChI is InChI=1S/C19H20ClN/c1-2-3-6-14-11-16-10-9-15(12-19(16)21-13-14)17-7-4-5-8-18(17)20/h2,4-5,7-10,12,14,21H,1,3,6,11,13H2/t14-/m1/s1. The van der Waals surface area contributed by atoms with Crippen molar-refractivity contribution in [2.24, 2.45) is 5.92 Å². The lowest BCUT2D eigenvalue weighted by Crippen LogP contribution is -2.22. The molecule has 1 heterocycles. The average molecular weight is 298 g/mol. The van der Waals surface area contributed by atoms with Gasteiger partial charge in [0.05, 0.1) is 0 Å². The number of fused-ring (bicyclic) bond motifs is 1. The summed E-state index contributed by atoms with van der Waals surface area (Å²) in [6.45, 7) is 4.86. The van der Waals surface area contributed by atoms with Crippen LogP contribution in [0.15, 0.2) is 55.1 Å². The summed E-state index contributed by atoms with van der Waals surface area (Å²) in [5.41, 5.74) is 4.93. The van der Waals surface area contributed by atoms with Crippen molar-refractivity contribution in [3.8, 4) is 11.1 Å². The van der Waals surface area contributed by atoms with E-state index in [0.29, 0.717) is 5.92 Å². The Labute approximate surface area is 131 Å². The highest BCUT2D eigenvalue weighted by Crippen LogP contribution is 2.34. The fourth-order valence-corrected chi connectivity index (χ4v) is 3.22. The smallest absolute Gasteiger partial charge is 0.0484 e. The molecule has 0 bridgehead atoms. The number of anilines is 1. The van der Waals surface area contributed by atoms with Gasteiger partial charge in [-0.1, -0.05) is 48.0 Å². The van der Waals surface area contributed by atoms with E-state index in [0.717, 1.165) is 30.0 Å². The van der Waals surface area contributed by atoms with Gasteiger partial charge in [0.2, 0.25) is 0 Å². The second-order valence-corrected chi connectivity index (χ2v) is 6.08. The van der Waals surface area contributed by atoms with E-state index in [-0.39, 0.29) is 0 Å². The van der Waals surface area contributed by atoms with E-state index in [9.17, 15) is 0 Å². The molecular formula is C19H20ClN. The van der Waals surface area contributed by atoms with Crippen LogP contribution in [0.1, 0.15) is 18.4 Å². The predicted molar refractivity (Wildman–Crippen MR) is 92.0 cm³/mol. The lowest BCUT2D eigenvalue weighted by atomic mass is 9.89. The van der Waals surface area contributed by atoms with Crippen molar-refractivity contribution >= 4 is 17.3 Å². The van der Waals surface area contributed by atoms with Crippen molar-refractivity contribution in [2.75, 3.05) is 11.9 Å². The number of halogens is 1. The van der Waals surface area contributed by atoms with Crippen molar-refractivity contribution in [2.45, 2.75) is 19.3 Å². The molecule has 0 saturated carbocycles. The molecule has 0 saturated heterocycles. The highest BCUT2D eigenvalue weighted by molar-refractivity contribution is 6.33. The summed E-state index contributed by atoms with van der Waals surface area (Å²) in [7, 11) is 0. The van der Waals surface area contributed by atoms with E-state index in [1.54, 1.807) is 0 Å². The van der Waals surface area contributed by atoms with Crippen LogP contribution in [-0.4, -0.2) is 6.54 Å². The highest BCUT2D eigenvalue weighted by atomic mass is 35.5. The van der Waals surface area contributed by atoms with Gasteiger partial charge in [0, 0.05) is 22.8 Å². The van der Waals surface area contributed by atoms with Gasteiger partial charge in [0.15, 0.2) is 0 Å². The fourth-order valence-electron chi connectivity index (χ4n) is 2.98. The molecule has 2 aromatic carbocycles. The molecule has 1 nitrogen and oxygen atoms in total. The SMILES string of the molecule is C=CCC[C@H]1CNc2cc(-c3ccccc3Cl)ccc2C1. The van der Waals surface area contributed by atoms with E-state index in [1.807, 2.05) is 24.3 Å². The topological polar surface area (TPSA) is 12.0 Å². The van der Waals surface area contributed by atoms with Gasteiger partial charge in [-0.15, -0.1) is 6.58 Å². The van der Waals surface area contributed by atoms with E-state index in [1.165, 1.54) is 23.2 Å². The van der Waals surface area contributed by atoms with Crippen molar-refractivity contribution in [3.63, 3.8) is 0 Å². The Morgan fingerprint density at radius 1 is 1.24 bits per heavy atom. The molecule has 2 heteroatoms. The van der Waals surface area contributed by atoms with Crippen LogP contribution in [0.2, 0.25) is 5.02 Å². The van der Waals surface area contributed by atoms with Crippen molar-refractivity contribution < 1.29 is 0 Å². The summed E-state index contributed by atoms with van der Waals surface area (Å²) in [6.07, 6.45) is 5.47. The van der Waals surface area contributed by atoms with E-state index in [2.05, 4.69) is 36.2 Å². The first-order valence-corrected chi connectivity index (χ1v) is 7.88. The molecule has 0 amide bonds. The maximum absolute atomic E-state index is 6.29. The molecule has 1 aliphatic heterocycles. The summed E-state index contributed by atoms with van der Waals surface area (Å²) in [4.78, 5) is 0. The number of hydrogen-bond donors (Lipinski definition) is 1. The summed E-state index contributed by atoms with van der Waals surface area (Å²) in [5.74, 6) is 0.710. The Bertz CT molecular complexity index is 648. The van der Waals surface area contributed by atoms with Crippen LogP contribution in [0.5, 0.6) is 0 Å².